The predicted octanol–water partition coefficient (Wildman–Crippen LogP) is 3.13. The quantitative estimate of drug-likeness (QED) is 0.741. The number of rotatable bonds is 3. The lowest BCUT2D eigenvalue weighted by Crippen LogP contribution is -2.03. The molecule has 0 fully saturated rings. The fourth-order valence-corrected chi connectivity index (χ4v) is 2.49. The third-order valence-electron chi connectivity index (χ3n) is 3.62. The SMILES string of the molecule is CCc1cc(CC)n(-c2ccc(N)c3cnccc23)n1. The molecule has 3 rings (SSSR count). The fraction of sp³-hybridized carbons (Fsp3) is 0.250. The van der Waals surface area contributed by atoms with E-state index in [0.717, 1.165) is 40.7 Å². The molecule has 0 radical (unpaired) electrons. The third-order valence-corrected chi connectivity index (χ3v) is 3.62. The molecule has 1 aromatic carbocycles. The van der Waals surface area contributed by atoms with E-state index in [-0.39, 0.29) is 0 Å². The smallest absolute Gasteiger partial charge is 0.0729 e. The van der Waals surface area contributed by atoms with Crippen LogP contribution in [0.5, 0.6) is 0 Å². The fourth-order valence-electron chi connectivity index (χ4n) is 2.49. The average Bonchev–Trinajstić information content (AvgIpc) is 2.91. The molecule has 3 aromatic rings. The molecule has 4 heteroatoms. The van der Waals surface area contributed by atoms with E-state index in [1.807, 2.05) is 29.1 Å². The molecule has 2 N–H and O–H groups in total. The number of hydrogen-bond donors (Lipinski definition) is 1. The van der Waals surface area contributed by atoms with Gasteiger partial charge in [0.2, 0.25) is 0 Å². The highest BCUT2D eigenvalue weighted by atomic mass is 15.3. The van der Waals surface area contributed by atoms with Gasteiger partial charge < -0.3 is 5.73 Å². The zero-order valence-corrected chi connectivity index (χ0v) is 11.8. The maximum atomic E-state index is 6.04. The average molecular weight is 266 g/mol. The van der Waals surface area contributed by atoms with Gasteiger partial charge in [-0.25, -0.2) is 4.68 Å². The zero-order chi connectivity index (χ0) is 14.1. The Hall–Kier alpha value is -2.36. The van der Waals surface area contributed by atoms with E-state index in [0.29, 0.717) is 0 Å². The Morgan fingerprint density at radius 3 is 2.70 bits per heavy atom. The van der Waals surface area contributed by atoms with E-state index in [2.05, 4.69) is 24.9 Å². The van der Waals surface area contributed by atoms with E-state index < -0.39 is 0 Å². The lowest BCUT2D eigenvalue weighted by molar-refractivity contribution is 0.799. The Balaban J connectivity index is 2.30. The standard InChI is InChI=1S/C16H18N4/c1-3-11-9-12(4-2)20(19-11)16-6-5-15(17)14-10-18-8-7-13(14)16/h5-10H,3-4,17H2,1-2H3. The van der Waals surface area contributed by atoms with Gasteiger partial charge in [-0.1, -0.05) is 13.8 Å². The molecule has 2 aromatic heterocycles. The van der Waals surface area contributed by atoms with E-state index in [1.54, 1.807) is 6.20 Å². The molecule has 102 valence electrons. The van der Waals surface area contributed by atoms with Crippen molar-refractivity contribution in [2.75, 3.05) is 5.73 Å². The van der Waals surface area contributed by atoms with Crippen LogP contribution < -0.4 is 5.73 Å². The molecule has 0 aliphatic heterocycles. The van der Waals surface area contributed by atoms with E-state index >= 15 is 0 Å². The van der Waals surface area contributed by atoms with Crippen molar-refractivity contribution in [1.82, 2.24) is 14.8 Å². The Kier molecular flexibility index (Phi) is 3.14. The first kappa shape index (κ1) is 12.7. The summed E-state index contributed by atoms with van der Waals surface area (Å²) in [6, 6.07) is 8.12. The van der Waals surface area contributed by atoms with Crippen molar-refractivity contribution in [3.8, 4) is 5.69 Å². The molecule has 2 heterocycles. The van der Waals surface area contributed by atoms with Crippen molar-refractivity contribution < 1.29 is 0 Å². The number of nitrogens with two attached hydrogens (primary N) is 1. The van der Waals surface area contributed by atoms with E-state index in [1.165, 1.54) is 5.69 Å². The highest BCUT2D eigenvalue weighted by molar-refractivity contribution is 5.97. The van der Waals surface area contributed by atoms with Crippen LogP contribution in [0, 0.1) is 0 Å². The van der Waals surface area contributed by atoms with Gasteiger partial charge in [-0.3, -0.25) is 4.98 Å². The van der Waals surface area contributed by atoms with Crippen LogP contribution in [0.15, 0.2) is 36.7 Å². The molecule has 0 amide bonds. The lowest BCUT2D eigenvalue weighted by atomic mass is 10.1. The Bertz CT molecular complexity index is 758. The van der Waals surface area contributed by atoms with Gasteiger partial charge in [0.25, 0.3) is 0 Å². The topological polar surface area (TPSA) is 56.7 Å². The summed E-state index contributed by atoms with van der Waals surface area (Å²) in [5.74, 6) is 0. The van der Waals surface area contributed by atoms with Crippen molar-refractivity contribution in [3.63, 3.8) is 0 Å². The van der Waals surface area contributed by atoms with Crippen LogP contribution in [0.2, 0.25) is 0 Å². The van der Waals surface area contributed by atoms with Crippen molar-refractivity contribution in [2.45, 2.75) is 26.7 Å². The number of aryl methyl sites for hydroxylation is 2. The molecule has 0 atom stereocenters. The molecule has 0 spiro atoms. The normalized spacial score (nSPS) is 11.1. The summed E-state index contributed by atoms with van der Waals surface area (Å²) in [6.07, 6.45) is 5.49. The van der Waals surface area contributed by atoms with Gasteiger partial charge in [-0.05, 0) is 37.1 Å². The number of aromatic nitrogens is 3. The summed E-state index contributed by atoms with van der Waals surface area (Å²) >= 11 is 0. The second-order valence-corrected chi connectivity index (χ2v) is 4.84. The highest BCUT2D eigenvalue weighted by Crippen LogP contribution is 2.27. The first-order valence-electron chi connectivity index (χ1n) is 6.95. The van der Waals surface area contributed by atoms with Crippen molar-refractivity contribution >= 4 is 16.5 Å². The van der Waals surface area contributed by atoms with E-state index in [4.69, 9.17) is 10.8 Å². The Labute approximate surface area is 118 Å². The predicted molar refractivity (Wildman–Crippen MR) is 82.0 cm³/mol. The molecule has 0 aliphatic carbocycles. The van der Waals surface area contributed by atoms with Gasteiger partial charge in [0.05, 0.1) is 11.4 Å². The molecule has 0 saturated carbocycles. The molecule has 0 unspecified atom stereocenters. The molecular weight excluding hydrogens is 248 g/mol. The molecule has 0 aliphatic rings. The first-order chi connectivity index (χ1) is 9.74. The van der Waals surface area contributed by atoms with Gasteiger partial charge in [-0.2, -0.15) is 5.10 Å². The summed E-state index contributed by atoms with van der Waals surface area (Å²) in [6.45, 7) is 4.27. The minimum absolute atomic E-state index is 0.748. The molecular formula is C16H18N4. The number of fused-ring (bicyclic) bond motifs is 1. The van der Waals surface area contributed by atoms with Gasteiger partial charge in [0.15, 0.2) is 0 Å². The van der Waals surface area contributed by atoms with Gasteiger partial charge in [0, 0.05) is 34.5 Å². The highest BCUT2D eigenvalue weighted by Gasteiger charge is 2.11. The third kappa shape index (κ3) is 1.93. The molecule has 0 saturated heterocycles. The number of nitrogen functional groups attached to an aromatic ring is 1. The maximum Gasteiger partial charge on any atom is 0.0729 e. The van der Waals surface area contributed by atoms with Gasteiger partial charge in [0.1, 0.15) is 0 Å². The van der Waals surface area contributed by atoms with Crippen LogP contribution >= 0.6 is 0 Å². The van der Waals surface area contributed by atoms with E-state index in [9.17, 15) is 0 Å². The summed E-state index contributed by atoms with van der Waals surface area (Å²) in [5.41, 5.74) is 10.2. The van der Waals surface area contributed by atoms with Crippen LogP contribution in [0.1, 0.15) is 25.2 Å². The zero-order valence-electron chi connectivity index (χ0n) is 11.8. The van der Waals surface area contributed by atoms with Gasteiger partial charge >= 0.3 is 0 Å². The summed E-state index contributed by atoms with van der Waals surface area (Å²) in [5, 5.41) is 6.76. The van der Waals surface area contributed by atoms with Crippen LogP contribution in [-0.4, -0.2) is 14.8 Å². The lowest BCUT2D eigenvalue weighted by Gasteiger charge is -2.11. The Morgan fingerprint density at radius 2 is 1.95 bits per heavy atom. The minimum atomic E-state index is 0.748. The van der Waals surface area contributed by atoms with Crippen LogP contribution in [0.25, 0.3) is 16.5 Å². The second kappa shape index (κ2) is 4.96. The second-order valence-electron chi connectivity index (χ2n) is 4.84. The maximum absolute atomic E-state index is 6.04. The van der Waals surface area contributed by atoms with Crippen molar-refractivity contribution in [1.29, 1.82) is 0 Å². The summed E-state index contributed by atoms with van der Waals surface area (Å²) in [4.78, 5) is 4.16. The molecule has 20 heavy (non-hydrogen) atoms. The van der Waals surface area contributed by atoms with Crippen LogP contribution in [0.3, 0.4) is 0 Å². The van der Waals surface area contributed by atoms with Crippen molar-refractivity contribution in [2.24, 2.45) is 0 Å². The first-order valence-corrected chi connectivity index (χ1v) is 6.95. The number of pyridine rings is 1. The van der Waals surface area contributed by atoms with Crippen molar-refractivity contribution in [3.05, 3.63) is 48.0 Å². The molecule has 4 nitrogen and oxygen atoms in total. The summed E-state index contributed by atoms with van der Waals surface area (Å²) in [7, 11) is 0. The Morgan fingerprint density at radius 1 is 1.10 bits per heavy atom. The number of benzene rings is 1. The summed E-state index contributed by atoms with van der Waals surface area (Å²) < 4.78 is 2.03. The largest absolute Gasteiger partial charge is 0.398 e. The van der Waals surface area contributed by atoms with Gasteiger partial charge in [-0.15, -0.1) is 0 Å². The van der Waals surface area contributed by atoms with Crippen LogP contribution in [0.4, 0.5) is 5.69 Å². The van der Waals surface area contributed by atoms with Crippen LogP contribution in [-0.2, 0) is 12.8 Å². The number of anilines is 1. The monoisotopic (exact) mass is 266 g/mol. The number of hydrogen-bond acceptors (Lipinski definition) is 3. The molecule has 0 bridgehead atoms. The minimum Gasteiger partial charge on any atom is -0.398 e. The number of nitrogens with zero attached hydrogens (tertiary/aromatic N) is 3.